The standard InChI is InChI=1S/C20H21N3O5/c1-13-12-22(17-11-16(14(2)28-17)27-10-6-9-21)20(26)23(18(13)24)19(25)15-7-4-3-5-8-15/h3-5,7-8,12,14,16-17H,6,10-11H2,1-2H3/t14-,16?,17-/m1/s1/i2D. The summed E-state index contributed by atoms with van der Waals surface area (Å²) in [6, 6.07) is 10.1. The van der Waals surface area contributed by atoms with E-state index < -0.39 is 35.6 Å². The van der Waals surface area contributed by atoms with Gasteiger partial charge < -0.3 is 9.47 Å². The third-order valence-electron chi connectivity index (χ3n) is 4.55. The molecule has 0 N–H and O–H groups in total. The fourth-order valence-corrected chi connectivity index (χ4v) is 3.10. The molecule has 0 amide bonds. The van der Waals surface area contributed by atoms with Gasteiger partial charge in [-0.1, -0.05) is 18.2 Å². The lowest BCUT2D eigenvalue weighted by Crippen LogP contribution is -2.45. The van der Waals surface area contributed by atoms with E-state index in [0.717, 1.165) is 0 Å². The molecule has 0 bridgehead atoms. The molecule has 1 aliphatic heterocycles. The van der Waals surface area contributed by atoms with Gasteiger partial charge in [0.1, 0.15) is 6.23 Å². The first-order valence-electron chi connectivity index (χ1n) is 9.56. The predicted octanol–water partition coefficient (Wildman–Crippen LogP) is 1.61. The molecule has 0 radical (unpaired) electrons. The summed E-state index contributed by atoms with van der Waals surface area (Å²) in [5, 5.41) is 8.65. The number of benzene rings is 1. The van der Waals surface area contributed by atoms with E-state index in [1.165, 1.54) is 29.8 Å². The Morgan fingerprint density at radius 3 is 2.82 bits per heavy atom. The first-order chi connectivity index (χ1) is 14.0. The number of hydrogen-bond acceptors (Lipinski definition) is 6. The minimum Gasteiger partial charge on any atom is -0.374 e. The predicted molar refractivity (Wildman–Crippen MR) is 100 cm³/mol. The van der Waals surface area contributed by atoms with Crippen LogP contribution in [0.25, 0.3) is 0 Å². The number of rotatable bonds is 5. The second-order valence-corrected chi connectivity index (χ2v) is 6.50. The quantitative estimate of drug-likeness (QED) is 0.726. The van der Waals surface area contributed by atoms with Crippen LogP contribution in [0.5, 0.6) is 0 Å². The summed E-state index contributed by atoms with van der Waals surface area (Å²) in [6.07, 6.45) is 0.0365. The second-order valence-electron chi connectivity index (χ2n) is 6.50. The minimum absolute atomic E-state index is 0.0793. The minimum atomic E-state index is -0.805. The number of aromatic nitrogens is 2. The van der Waals surface area contributed by atoms with Gasteiger partial charge in [-0.25, -0.2) is 4.79 Å². The van der Waals surface area contributed by atoms with Crippen LogP contribution in [0.1, 0.15) is 43.3 Å². The lowest BCUT2D eigenvalue weighted by molar-refractivity contribution is -0.0288. The first kappa shape index (κ1) is 18.3. The van der Waals surface area contributed by atoms with Crippen molar-refractivity contribution in [2.75, 3.05) is 6.61 Å². The van der Waals surface area contributed by atoms with Crippen LogP contribution >= 0.6 is 0 Å². The molecule has 1 unspecified atom stereocenters. The zero-order valence-electron chi connectivity index (χ0n) is 16.4. The highest BCUT2D eigenvalue weighted by Gasteiger charge is 2.35. The number of nitriles is 1. The fourth-order valence-electron chi connectivity index (χ4n) is 3.10. The van der Waals surface area contributed by atoms with Crippen molar-refractivity contribution in [2.24, 2.45) is 0 Å². The van der Waals surface area contributed by atoms with Crippen LogP contribution in [0.2, 0.25) is 0 Å². The molecule has 2 aromatic rings. The van der Waals surface area contributed by atoms with Crippen LogP contribution in [-0.4, -0.2) is 33.9 Å². The molecule has 146 valence electrons. The molecule has 1 aromatic carbocycles. The molecular weight excluding hydrogens is 362 g/mol. The Bertz CT molecular complexity index is 1040. The van der Waals surface area contributed by atoms with Gasteiger partial charge in [0.25, 0.3) is 11.5 Å². The van der Waals surface area contributed by atoms with E-state index in [9.17, 15) is 14.4 Å². The normalized spacial score (nSPS) is 21.9. The molecule has 8 heteroatoms. The van der Waals surface area contributed by atoms with E-state index in [0.29, 0.717) is 4.57 Å². The van der Waals surface area contributed by atoms with Gasteiger partial charge in [0.05, 0.1) is 31.3 Å². The van der Waals surface area contributed by atoms with Crippen molar-refractivity contribution in [3.8, 4) is 6.07 Å². The maximum atomic E-state index is 13.0. The maximum Gasteiger partial charge on any atom is 0.340 e. The molecule has 3 atom stereocenters. The highest BCUT2D eigenvalue weighted by atomic mass is 16.6. The Kier molecular flexibility index (Phi) is 5.46. The monoisotopic (exact) mass is 384 g/mol. The first-order valence-corrected chi connectivity index (χ1v) is 8.85. The molecule has 0 saturated carbocycles. The second kappa shape index (κ2) is 8.33. The van der Waals surface area contributed by atoms with Crippen LogP contribution in [0.3, 0.4) is 0 Å². The zero-order valence-corrected chi connectivity index (χ0v) is 15.4. The van der Waals surface area contributed by atoms with Crippen molar-refractivity contribution >= 4 is 5.91 Å². The molecule has 3 rings (SSSR count). The number of carbonyl (C=O) groups excluding carboxylic acids is 1. The van der Waals surface area contributed by atoms with Crippen LogP contribution in [0, 0.1) is 18.3 Å². The summed E-state index contributed by atoms with van der Waals surface area (Å²) in [6.45, 7) is 1.64. The number of hydrogen-bond donors (Lipinski definition) is 0. The average molecular weight is 384 g/mol. The van der Waals surface area contributed by atoms with Gasteiger partial charge >= 0.3 is 5.69 Å². The Labute approximate surface area is 163 Å². The van der Waals surface area contributed by atoms with Gasteiger partial charge in [-0.2, -0.15) is 9.83 Å². The van der Waals surface area contributed by atoms with Crippen molar-refractivity contribution in [3.63, 3.8) is 0 Å². The topological polar surface area (TPSA) is 103 Å². The Balaban J connectivity index is 1.96. The molecule has 1 fully saturated rings. The summed E-state index contributed by atoms with van der Waals surface area (Å²) >= 11 is 0. The van der Waals surface area contributed by atoms with Crippen LogP contribution < -0.4 is 11.2 Å². The molecule has 1 saturated heterocycles. The van der Waals surface area contributed by atoms with E-state index >= 15 is 0 Å². The van der Waals surface area contributed by atoms with Crippen molar-refractivity contribution in [1.29, 1.82) is 5.26 Å². The molecule has 1 aromatic heterocycles. The molecule has 1 aliphatic rings. The van der Waals surface area contributed by atoms with Crippen molar-refractivity contribution < 1.29 is 15.6 Å². The van der Waals surface area contributed by atoms with E-state index in [-0.39, 0.29) is 37.5 Å². The lowest BCUT2D eigenvalue weighted by Gasteiger charge is -2.16. The summed E-state index contributed by atoms with van der Waals surface area (Å²) < 4.78 is 20.9. The Hall–Kier alpha value is -3.02. The summed E-state index contributed by atoms with van der Waals surface area (Å²) in [4.78, 5) is 38.3. The maximum absolute atomic E-state index is 13.0. The summed E-state index contributed by atoms with van der Waals surface area (Å²) in [5.74, 6) is -0.713. The third kappa shape index (κ3) is 3.81. The summed E-state index contributed by atoms with van der Waals surface area (Å²) in [7, 11) is 0. The Morgan fingerprint density at radius 2 is 2.14 bits per heavy atom. The van der Waals surface area contributed by atoms with Gasteiger partial charge in [-0.15, -0.1) is 0 Å². The SMILES string of the molecule is [2H]C[C@H]1O[C@@H](n2cc(C)c(=O)n(C(=O)c3ccccc3)c2=O)CC1OCCC#N. The third-order valence-corrected chi connectivity index (χ3v) is 4.55. The van der Waals surface area contributed by atoms with Gasteiger partial charge in [-0.3, -0.25) is 14.2 Å². The Morgan fingerprint density at radius 1 is 1.39 bits per heavy atom. The number of ether oxygens (including phenoxy) is 2. The fraction of sp³-hybridized carbons (Fsp3) is 0.400. The number of aryl methyl sites for hydroxylation is 1. The van der Waals surface area contributed by atoms with Crippen molar-refractivity contribution in [3.05, 3.63) is 68.5 Å². The average Bonchev–Trinajstić information content (AvgIpc) is 3.14. The molecule has 2 heterocycles. The number of carbonyl (C=O) groups is 1. The van der Waals surface area contributed by atoms with Gasteiger partial charge in [-0.05, 0) is 26.0 Å². The van der Waals surface area contributed by atoms with Gasteiger partial charge in [0, 0.05) is 25.1 Å². The highest BCUT2D eigenvalue weighted by molar-refractivity contribution is 5.95. The van der Waals surface area contributed by atoms with Crippen LogP contribution in [-0.2, 0) is 9.47 Å². The van der Waals surface area contributed by atoms with Crippen molar-refractivity contribution in [2.45, 2.75) is 45.1 Å². The molecule has 0 spiro atoms. The molecule has 28 heavy (non-hydrogen) atoms. The van der Waals surface area contributed by atoms with Gasteiger partial charge in [0.15, 0.2) is 0 Å². The van der Waals surface area contributed by atoms with Crippen LogP contribution in [0.15, 0.2) is 46.1 Å². The van der Waals surface area contributed by atoms with E-state index in [2.05, 4.69) is 0 Å². The largest absolute Gasteiger partial charge is 0.374 e. The molecular formula is C20H21N3O5. The number of nitrogens with zero attached hydrogens (tertiary/aromatic N) is 3. The molecule has 0 aliphatic carbocycles. The molecule has 8 nitrogen and oxygen atoms in total. The van der Waals surface area contributed by atoms with Gasteiger partial charge in [0.2, 0.25) is 0 Å². The van der Waals surface area contributed by atoms with E-state index in [1.54, 1.807) is 18.2 Å². The van der Waals surface area contributed by atoms with Crippen LogP contribution in [0.4, 0.5) is 0 Å². The van der Waals surface area contributed by atoms with E-state index in [1.807, 2.05) is 6.07 Å². The summed E-state index contributed by atoms with van der Waals surface area (Å²) in [5.41, 5.74) is -1.05. The van der Waals surface area contributed by atoms with Crippen molar-refractivity contribution in [1.82, 2.24) is 9.13 Å². The zero-order chi connectivity index (χ0) is 21.0. The lowest BCUT2D eigenvalue weighted by atomic mass is 10.2. The smallest absolute Gasteiger partial charge is 0.340 e. The highest BCUT2D eigenvalue weighted by Crippen LogP contribution is 2.29. The van der Waals surface area contributed by atoms with E-state index in [4.69, 9.17) is 16.1 Å².